The predicted molar refractivity (Wildman–Crippen MR) is 63.6 cm³/mol. The van der Waals surface area contributed by atoms with Crippen LogP contribution in [0.1, 0.15) is 26.7 Å². The lowest BCUT2D eigenvalue weighted by Gasteiger charge is -2.25. The fraction of sp³-hybridized carbons (Fsp3) is 0.500. The zero-order chi connectivity index (χ0) is 11.3. The van der Waals surface area contributed by atoms with Crippen LogP contribution in [0.2, 0.25) is 0 Å². The van der Waals surface area contributed by atoms with Crippen molar-refractivity contribution in [2.75, 3.05) is 23.7 Å². The second-order valence-corrected chi connectivity index (χ2v) is 3.69. The molecular weight excluding hydrogens is 191 g/mol. The lowest BCUT2D eigenvalue weighted by atomic mass is 10.2. The van der Waals surface area contributed by atoms with E-state index in [1.807, 2.05) is 0 Å². The van der Waals surface area contributed by atoms with Crippen molar-refractivity contribution < 1.29 is 4.39 Å². The van der Waals surface area contributed by atoms with Crippen LogP contribution in [0, 0.1) is 5.82 Å². The Morgan fingerprint density at radius 3 is 2.27 bits per heavy atom. The summed E-state index contributed by atoms with van der Waals surface area (Å²) in [5.74, 6) is -0.274. The van der Waals surface area contributed by atoms with E-state index in [9.17, 15) is 4.39 Å². The molecule has 0 spiro atoms. The number of anilines is 2. The number of halogens is 1. The van der Waals surface area contributed by atoms with Crippen LogP contribution in [0.15, 0.2) is 18.2 Å². The van der Waals surface area contributed by atoms with Crippen LogP contribution >= 0.6 is 0 Å². The summed E-state index contributed by atoms with van der Waals surface area (Å²) in [6.07, 6.45) is 2.13. The molecule has 0 unspecified atom stereocenters. The maximum Gasteiger partial charge on any atom is 0.125 e. The maximum absolute atomic E-state index is 12.9. The molecule has 3 heteroatoms. The topological polar surface area (TPSA) is 29.3 Å². The van der Waals surface area contributed by atoms with Gasteiger partial charge in [-0.1, -0.05) is 13.8 Å². The number of benzene rings is 1. The monoisotopic (exact) mass is 210 g/mol. The molecule has 0 radical (unpaired) electrons. The average molecular weight is 210 g/mol. The molecule has 0 heterocycles. The summed E-state index contributed by atoms with van der Waals surface area (Å²) in [5.41, 5.74) is 7.27. The van der Waals surface area contributed by atoms with Gasteiger partial charge in [0.1, 0.15) is 5.82 Å². The van der Waals surface area contributed by atoms with Crippen LogP contribution < -0.4 is 10.6 Å². The molecule has 0 saturated heterocycles. The summed E-state index contributed by atoms with van der Waals surface area (Å²) in [5, 5.41) is 0. The first-order valence-electron chi connectivity index (χ1n) is 5.49. The summed E-state index contributed by atoms with van der Waals surface area (Å²) in [7, 11) is 0. The number of nitrogen functional groups attached to an aromatic ring is 1. The van der Waals surface area contributed by atoms with E-state index in [1.54, 1.807) is 6.07 Å². The van der Waals surface area contributed by atoms with E-state index >= 15 is 0 Å². The molecule has 15 heavy (non-hydrogen) atoms. The van der Waals surface area contributed by atoms with E-state index < -0.39 is 0 Å². The van der Waals surface area contributed by atoms with Gasteiger partial charge in [0, 0.05) is 13.1 Å². The van der Waals surface area contributed by atoms with Gasteiger partial charge >= 0.3 is 0 Å². The van der Waals surface area contributed by atoms with Crippen molar-refractivity contribution in [3.05, 3.63) is 24.0 Å². The average Bonchev–Trinajstić information content (AvgIpc) is 2.17. The fourth-order valence-corrected chi connectivity index (χ4v) is 1.71. The Morgan fingerprint density at radius 2 is 1.80 bits per heavy atom. The van der Waals surface area contributed by atoms with Crippen molar-refractivity contribution >= 4 is 11.4 Å². The number of hydrogen-bond acceptors (Lipinski definition) is 2. The highest BCUT2D eigenvalue weighted by Crippen LogP contribution is 2.24. The molecule has 0 bridgehead atoms. The summed E-state index contributed by atoms with van der Waals surface area (Å²) in [4.78, 5) is 2.20. The minimum Gasteiger partial charge on any atom is -0.397 e. The highest BCUT2D eigenvalue weighted by molar-refractivity contribution is 5.67. The molecule has 0 amide bonds. The van der Waals surface area contributed by atoms with Crippen LogP contribution in [-0.2, 0) is 0 Å². The Bertz CT molecular complexity index is 306. The van der Waals surface area contributed by atoms with E-state index in [0.29, 0.717) is 5.69 Å². The molecule has 1 rings (SSSR count). The first-order valence-corrected chi connectivity index (χ1v) is 5.49. The summed E-state index contributed by atoms with van der Waals surface area (Å²) in [6.45, 7) is 6.18. The number of nitrogens with zero attached hydrogens (tertiary/aromatic N) is 1. The lowest BCUT2D eigenvalue weighted by Crippen LogP contribution is -2.25. The van der Waals surface area contributed by atoms with Gasteiger partial charge in [-0.05, 0) is 31.0 Å². The molecule has 0 aliphatic heterocycles. The van der Waals surface area contributed by atoms with Gasteiger partial charge in [0.15, 0.2) is 0 Å². The molecule has 0 aliphatic rings. The number of rotatable bonds is 5. The largest absolute Gasteiger partial charge is 0.397 e. The molecule has 2 N–H and O–H groups in total. The molecule has 0 fully saturated rings. The van der Waals surface area contributed by atoms with Crippen molar-refractivity contribution in [3.8, 4) is 0 Å². The maximum atomic E-state index is 12.9. The van der Waals surface area contributed by atoms with Crippen molar-refractivity contribution in [3.63, 3.8) is 0 Å². The van der Waals surface area contributed by atoms with E-state index in [4.69, 9.17) is 5.73 Å². The van der Waals surface area contributed by atoms with E-state index in [-0.39, 0.29) is 5.82 Å². The van der Waals surface area contributed by atoms with E-state index in [2.05, 4.69) is 18.7 Å². The van der Waals surface area contributed by atoms with Gasteiger partial charge in [-0.3, -0.25) is 0 Å². The SMILES string of the molecule is CCCN(CCC)c1ccc(F)cc1N. The molecule has 2 nitrogen and oxygen atoms in total. The van der Waals surface area contributed by atoms with E-state index in [1.165, 1.54) is 12.1 Å². The van der Waals surface area contributed by atoms with Gasteiger partial charge in [0.05, 0.1) is 11.4 Å². The first-order chi connectivity index (χ1) is 7.19. The van der Waals surface area contributed by atoms with Crippen molar-refractivity contribution in [2.24, 2.45) is 0 Å². The Hall–Kier alpha value is -1.25. The van der Waals surface area contributed by atoms with Gasteiger partial charge in [0.2, 0.25) is 0 Å². The molecule has 0 atom stereocenters. The van der Waals surface area contributed by atoms with Crippen LogP contribution in [0.3, 0.4) is 0 Å². The third-order valence-electron chi connectivity index (χ3n) is 2.32. The quantitative estimate of drug-likeness (QED) is 0.757. The Morgan fingerprint density at radius 1 is 1.20 bits per heavy atom. The molecular formula is C12H19FN2. The minimum atomic E-state index is -0.274. The zero-order valence-electron chi connectivity index (χ0n) is 9.46. The van der Waals surface area contributed by atoms with Gasteiger partial charge in [-0.2, -0.15) is 0 Å². The standard InChI is InChI=1S/C12H19FN2/c1-3-7-15(8-4-2)12-6-5-10(13)9-11(12)14/h5-6,9H,3-4,7-8,14H2,1-2H3. The first kappa shape index (κ1) is 11.8. The third-order valence-corrected chi connectivity index (χ3v) is 2.32. The van der Waals surface area contributed by atoms with Crippen molar-refractivity contribution in [1.29, 1.82) is 0 Å². The van der Waals surface area contributed by atoms with Gasteiger partial charge < -0.3 is 10.6 Å². The van der Waals surface area contributed by atoms with Crippen LogP contribution in [0.5, 0.6) is 0 Å². The van der Waals surface area contributed by atoms with Gasteiger partial charge in [-0.15, -0.1) is 0 Å². The number of nitrogens with two attached hydrogens (primary N) is 1. The van der Waals surface area contributed by atoms with Crippen molar-refractivity contribution in [1.82, 2.24) is 0 Å². The van der Waals surface area contributed by atoms with Gasteiger partial charge in [0.25, 0.3) is 0 Å². The Kier molecular flexibility index (Phi) is 4.40. The molecule has 84 valence electrons. The predicted octanol–water partition coefficient (Wildman–Crippen LogP) is 3.03. The van der Waals surface area contributed by atoms with Gasteiger partial charge in [-0.25, -0.2) is 4.39 Å². The fourth-order valence-electron chi connectivity index (χ4n) is 1.71. The second-order valence-electron chi connectivity index (χ2n) is 3.69. The Balaban J connectivity index is 2.89. The second kappa shape index (κ2) is 5.59. The highest BCUT2D eigenvalue weighted by Gasteiger charge is 2.08. The molecule has 0 aliphatic carbocycles. The molecule has 0 aromatic heterocycles. The van der Waals surface area contributed by atoms with Crippen LogP contribution in [0.4, 0.5) is 15.8 Å². The van der Waals surface area contributed by atoms with Crippen LogP contribution in [0.25, 0.3) is 0 Å². The van der Waals surface area contributed by atoms with Crippen molar-refractivity contribution in [2.45, 2.75) is 26.7 Å². The normalized spacial score (nSPS) is 10.3. The highest BCUT2D eigenvalue weighted by atomic mass is 19.1. The van der Waals surface area contributed by atoms with Crippen LogP contribution in [-0.4, -0.2) is 13.1 Å². The summed E-state index contributed by atoms with van der Waals surface area (Å²) >= 11 is 0. The smallest absolute Gasteiger partial charge is 0.125 e. The van der Waals surface area contributed by atoms with E-state index in [0.717, 1.165) is 31.6 Å². The summed E-state index contributed by atoms with van der Waals surface area (Å²) < 4.78 is 12.9. The third kappa shape index (κ3) is 3.11. The number of hydrogen-bond donors (Lipinski definition) is 1. The minimum absolute atomic E-state index is 0.274. The Labute approximate surface area is 90.9 Å². The molecule has 0 saturated carbocycles. The lowest BCUT2D eigenvalue weighted by molar-refractivity contribution is 0.628. The zero-order valence-corrected chi connectivity index (χ0v) is 9.46. The molecule has 1 aromatic carbocycles. The summed E-state index contributed by atoms with van der Waals surface area (Å²) in [6, 6.07) is 4.60. The molecule has 1 aromatic rings.